The maximum Gasteiger partial charge on any atom is 0.143 e. The molecule has 0 N–H and O–H groups in total. The maximum absolute atomic E-state index is 6.93. The molecule has 4 heteroatoms. The molecule has 0 radical (unpaired) electrons. The van der Waals surface area contributed by atoms with E-state index in [-0.39, 0.29) is 5.41 Å². The standard InChI is InChI=1S/C61H41NO3/c1-61(2)52-37-44(35-36-51(52)55-56(61)58(41-17-7-4-8-18-41)65-57(55)40-15-5-3-6-16-40)62(42-31-27-38(28-32-42)45-21-13-23-49-47-19-9-11-25-53(47)63-59(45)49)43-33-29-39(30-34-43)46-22-14-24-50-48-20-10-12-26-54(48)64-60(46)50/h3-37H,1-2H3. The van der Waals surface area contributed by atoms with Crippen LogP contribution in [0.4, 0.5) is 17.1 Å². The van der Waals surface area contributed by atoms with Gasteiger partial charge in [0.15, 0.2) is 0 Å². The Morgan fingerprint density at radius 1 is 0.354 bits per heavy atom. The Balaban J connectivity index is 0.960. The fraction of sp³-hybridized carbons (Fsp3) is 0.0492. The highest BCUT2D eigenvalue weighted by Crippen LogP contribution is 2.58. The van der Waals surface area contributed by atoms with Crippen LogP contribution in [0.5, 0.6) is 0 Å². The summed E-state index contributed by atoms with van der Waals surface area (Å²) in [5, 5.41) is 4.49. The van der Waals surface area contributed by atoms with E-state index in [9.17, 15) is 0 Å². The van der Waals surface area contributed by atoms with Crippen molar-refractivity contribution in [1.82, 2.24) is 0 Å². The molecule has 0 spiro atoms. The van der Waals surface area contributed by atoms with Crippen LogP contribution in [0.3, 0.4) is 0 Å². The third-order valence-electron chi connectivity index (χ3n) is 13.5. The lowest BCUT2D eigenvalue weighted by atomic mass is 9.81. The molecule has 0 amide bonds. The molecule has 0 bridgehead atoms. The second-order valence-electron chi connectivity index (χ2n) is 17.6. The fourth-order valence-electron chi connectivity index (χ4n) is 10.4. The molecule has 0 fully saturated rings. The van der Waals surface area contributed by atoms with E-state index in [0.717, 1.165) is 106 Å². The molecule has 1 aliphatic rings. The highest BCUT2D eigenvalue weighted by atomic mass is 16.3. The molecule has 65 heavy (non-hydrogen) atoms. The summed E-state index contributed by atoms with van der Waals surface area (Å²) in [4.78, 5) is 2.37. The van der Waals surface area contributed by atoms with E-state index in [0.29, 0.717) is 0 Å². The summed E-state index contributed by atoms with van der Waals surface area (Å²) in [7, 11) is 0. The quantitative estimate of drug-likeness (QED) is 0.160. The SMILES string of the molecule is CC1(C)c2cc(N(c3ccc(-c4cccc5c4oc4ccccc45)cc3)c3ccc(-c4cccc5c4oc4ccccc45)cc3)ccc2-c2c(-c3ccccc3)oc(-c3ccccc3)c21. The lowest BCUT2D eigenvalue weighted by Crippen LogP contribution is -2.17. The van der Waals surface area contributed by atoms with Crippen LogP contribution >= 0.6 is 0 Å². The molecule has 0 saturated carbocycles. The van der Waals surface area contributed by atoms with Gasteiger partial charge in [-0.25, -0.2) is 0 Å². The first-order valence-corrected chi connectivity index (χ1v) is 22.2. The smallest absolute Gasteiger partial charge is 0.143 e. The number of nitrogens with zero attached hydrogens (tertiary/aromatic N) is 1. The number of fused-ring (bicyclic) bond motifs is 9. The van der Waals surface area contributed by atoms with Gasteiger partial charge in [0.25, 0.3) is 0 Å². The molecule has 0 atom stereocenters. The zero-order valence-electron chi connectivity index (χ0n) is 35.9. The number of anilines is 3. The molecular weight excluding hydrogens is 795 g/mol. The lowest BCUT2D eigenvalue weighted by Gasteiger charge is -2.28. The first kappa shape index (κ1) is 37.2. The Kier molecular flexibility index (Phi) is 8.22. The number of hydrogen-bond acceptors (Lipinski definition) is 4. The molecule has 0 aliphatic heterocycles. The molecule has 0 saturated heterocycles. The number of para-hydroxylation sites is 4. The molecule has 3 heterocycles. The van der Waals surface area contributed by atoms with Crippen molar-refractivity contribution >= 4 is 60.9 Å². The summed E-state index contributed by atoms with van der Waals surface area (Å²) in [6, 6.07) is 75.1. The predicted octanol–water partition coefficient (Wildman–Crippen LogP) is 17.5. The van der Waals surface area contributed by atoms with Gasteiger partial charge in [0.1, 0.15) is 33.9 Å². The molecule has 308 valence electrons. The molecule has 13 rings (SSSR count). The largest absolute Gasteiger partial charge is 0.455 e. The van der Waals surface area contributed by atoms with Gasteiger partial charge in [-0.15, -0.1) is 0 Å². The van der Waals surface area contributed by atoms with Crippen molar-refractivity contribution in [3.05, 3.63) is 223 Å². The van der Waals surface area contributed by atoms with Crippen LogP contribution in [0.25, 0.3) is 99.9 Å². The molecular formula is C61H41NO3. The van der Waals surface area contributed by atoms with Crippen LogP contribution in [-0.2, 0) is 5.41 Å². The minimum Gasteiger partial charge on any atom is -0.455 e. The Morgan fingerprint density at radius 2 is 0.815 bits per heavy atom. The van der Waals surface area contributed by atoms with Gasteiger partial charge in [-0.3, -0.25) is 0 Å². The van der Waals surface area contributed by atoms with Crippen LogP contribution in [0, 0.1) is 0 Å². The van der Waals surface area contributed by atoms with Crippen LogP contribution in [0.15, 0.2) is 226 Å². The van der Waals surface area contributed by atoms with Crippen molar-refractivity contribution in [2.24, 2.45) is 0 Å². The molecule has 1 aliphatic carbocycles. The maximum atomic E-state index is 6.93. The van der Waals surface area contributed by atoms with E-state index in [1.807, 2.05) is 24.3 Å². The van der Waals surface area contributed by atoms with E-state index >= 15 is 0 Å². The van der Waals surface area contributed by atoms with Crippen LogP contribution in [0.1, 0.15) is 25.0 Å². The van der Waals surface area contributed by atoms with E-state index in [4.69, 9.17) is 13.3 Å². The molecule has 12 aromatic rings. The highest BCUT2D eigenvalue weighted by molar-refractivity contribution is 6.11. The van der Waals surface area contributed by atoms with Gasteiger partial charge < -0.3 is 18.2 Å². The summed E-state index contributed by atoms with van der Waals surface area (Å²) < 4.78 is 19.9. The summed E-state index contributed by atoms with van der Waals surface area (Å²) in [6.45, 7) is 4.67. The number of benzene rings is 9. The van der Waals surface area contributed by atoms with E-state index in [1.165, 1.54) is 22.3 Å². The van der Waals surface area contributed by atoms with Gasteiger partial charge >= 0.3 is 0 Å². The van der Waals surface area contributed by atoms with E-state index in [1.54, 1.807) is 0 Å². The van der Waals surface area contributed by atoms with Crippen LogP contribution in [-0.4, -0.2) is 0 Å². The second kappa shape index (κ2) is 14.3. The summed E-state index contributed by atoms with van der Waals surface area (Å²) in [6.07, 6.45) is 0. The lowest BCUT2D eigenvalue weighted by molar-refractivity contribution is 0.575. The highest BCUT2D eigenvalue weighted by Gasteiger charge is 2.43. The molecule has 3 aromatic heterocycles. The summed E-state index contributed by atoms with van der Waals surface area (Å²) in [5.74, 6) is 1.82. The third-order valence-corrected chi connectivity index (χ3v) is 13.5. The average Bonchev–Trinajstić information content (AvgIpc) is 4.12. The number of furan rings is 3. The van der Waals surface area contributed by atoms with Crippen molar-refractivity contribution in [2.75, 3.05) is 4.90 Å². The van der Waals surface area contributed by atoms with Crippen LogP contribution in [0.2, 0.25) is 0 Å². The van der Waals surface area contributed by atoms with Gasteiger partial charge in [-0.1, -0.05) is 178 Å². The first-order valence-electron chi connectivity index (χ1n) is 22.2. The number of rotatable bonds is 7. The summed E-state index contributed by atoms with van der Waals surface area (Å²) >= 11 is 0. The Morgan fingerprint density at radius 3 is 1.35 bits per heavy atom. The Labute approximate surface area is 376 Å². The van der Waals surface area contributed by atoms with Gasteiger partial charge in [0.05, 0.1) is 0 Å². The van der Waals surface area contributed by atoms with Gasteiger partial charge in [0.2, 0.25) is 0 Å². The third kappa shape index (κ3) is 5.77. The topological polar surface area (TPSA) is 42.7 Å². The molecule has 0 unspecified atom stereocenters. The zero-order valence-corrected chi connectivity index (χ0v) is 35.9. The molecule has 9 aromatic carbocycles. The van der Waals surface area contributed by atoms with E-state index < -0.39 is 0 Å². The first-order chi connectivity index (χ1) is 32.0. The minimum atomic E-state index is -0.363. The molecule has 4 nitrogen and oxygen atoms in total. The van der Waals surface area contributed by atoms with Crippen molar-refractivity contribution in [2.45, 2.75) is 19.3 Å². The number of hydrogen-bond donors (Lipinski definition) is 0. The summed E-state index contributed by atoms with van der Waals surface area (Å²) in [5.41, 5.74) is 17.7. The zero-order chi connectivity index (χ0) is 43.2. The van der Waals surface area contributed by atoms with Crippen molar-refractivity contribution in [3.63, 3.8) is 0 Å². The predicted molar refractivity (Wildman–Crippen MR) is 267 cm³/mol. The van der Waals surface area contributed by atoms with Crippen LogP contribution < -0.4 is 4.90 Å². The normalized spacial score (nSPS) is 12.9. The van der Waals surface area contributed by atoms with Crippen molar-refractivity contribution in [1.29, 1.82) is 0 Å². The van der Waals surface area contributed by atoms with E-state index in [2.05, 4.69) is 207 Å². The van der Waals surface area contributed by atoms with Gasteiger partial charge in [-0.2, -0.15) is 0 Å². The minimum absolute atomic E-state index is 0.363. The van der Waals surface area contributed by atoms with Crippen molar-refractivity contribution in [3.8, 4) is 56.0 Å². The van der Waals surface area contributed by atoms with Gasteiger partial charge in [0, 0.05) is 77.4 Å². The van der Waals surface area contributed by atoms with Crippen molar-refractivity contribution < 1.29 is 13.3 Å². The Bertz CT molecular complexity index is 3620. The Hall–Kier alpha value is -8.34. The second-order valence-corrected chi connectivity index (χ2v) is 17.6. The fourth-order valence-corrected chi connectivity index (χ4v) is 10.4. The monoisotopic (exact) mass is 835 g/mol. The average molecular weight is 836 g/mol. The van der Waals surface area contributed by atoms with Gasteiger partial charge in [-0.05, 0) is 70.8 Å².